The van der Waals surface area contributed by atoms with Crippen LogP contribution in [0.25, 0.3) is 0 Å². The van der Waals surface area contributed by atoms with Crippen molar-refractivity contribution >= 4 is 27.7 Å². The van der Waals surface area contributed by atoms with Crippen LogP contribution >= 0.6 is 15.9 Å². The highest BCUT2D eigenvalue weighted by Gasteiger charge is 2.44. The van der Waals surface area contributed by atoms with E-state index in [2.05, 4.69) is 21.2 Å². The normalized spacial score (nSPS) is 21.4. The molecule has 21 heavy (non-hydrogen) atoms. The van der Waals surface area contributed by atoms with Crippen LogP contribution in [0.1, 0.15) is 32.8 Å². The van der Waals surface area contributed by atoms with Gasteiger partial charge in [0, 0.05) is 16.6 Å². The van der Waals surface area contributed by atoms with Gasteiger partial charge in [-0.1, -0.05) is 28.9 Å². The van der Waals surface area contributed by atoms with Crippen LogP contribution in [-0.4, -0.2) is 28.3 Å². The lowest BCUT2D eigenvalue weighted by Crippen LogP contribution is -2.67. The van der Waals surface area contributed by atoms with E-state index in [9.17, 15) is 14.0 Å². The average Bonchev–Trinajstić information content (AvgIpc) is 2.38. The largest absolute Gasteiger partial charge is 0.340 e. The fraction of sp³-hybridized carbons (Fsp3) is 0.467. The van der Waals surface area contributed by atoms with Crippen molar-refractivity contribution in [3.8, 4) is 0 Å². The van der Waals surface area contributed by atoms with E-state index >= 15 is 0 Å². The second-order valence-electron chi connectivity index (χ2n) is 5.71. The Hall–Kier alpha value is -1.43. The summed E-state index contributed by atoms with van der Waals surface area (Å²) in [6, 6.07) is 4.14. The summed E-state index contributed by atoms with van der Waals surface area (Å²) < 4.78 is 14.6. The van der Waals surface area contributed by atoms with Crippen molar-refractivity contribution in [3.05, 3.63) is 34.1 Å². The molecule has 1 unspecified atom stereocenters. The predicted octanol–water partition coefficient (Wildman–Crippen LogP) is 2.60. The van der Waals surface area contributed by atoms with Gasteiger partial charge in [-0.05, 0) is 32.4 Å². The van der Waals surface area contributed by atoms with E-state index in [0.29, 0.717) is 16.5 Å². The predicted molar refractivity (Wildman–Crippen MR) is 81.0 cm³/mol. The van der Waals surface area contributed by atoms with Crippen molar-refractivity contribution in [3.63, 3.8) is 0 Å². The third kappa shape index (κ3) is 3.10. The van der Waals surface area contributed by atoms with Crippen molar-refractivity contribution in [1.82, 2.24) is 10.2 Å². The minimum Gasteiger partial charge on any atom is -0.340 e. The highest BCUT2D eigenvalue weighted by atomic mass is 79.9. The van der Waals surface area contributed by atoms with Gasteiger partial charge in [0.1, 0.15) is 17.4 Å². The topological polar surface area (TPSA) is 49.4 Å². The van der Waals surface area contributed by atoms with Gasteiger partial charge < -0.3 is 10.2 Å². The quantitative estimate of drug-likeness (QED) is 0.904. The van der Waals surface area contributed by atoms with Crippen molar-refractivity contribution in [2.75, 3.05) is 0 Å². The molecule has 0 aromatic heterocycles. The van der Waals surface area contributed by atoms with Crippen LogP contribution in [0, 0.1) is 5.82 Å². The number of hydrogen-bond acceptors (Lipinski definition) is 2. The van der Waals surface area contributed by atoms with Crippen LogP contribution in [-0.2, 0) is 16.1 Å². The number of nitrogens with zero attached hydrogens (tertiary/aromatic N) is 1. The molecular weight excluding hydrogens is 339 g/mol. The lowest BCUT2D eigenvalue weighted by molar-refractivity contribution is -0.154. The first-order chi connectivity index (χ1) is 9.76. The molecule has 1 saturated heterocycles. The summed E-state index contributed by atoms with van der Waals surface area (Å²) in [5, 5.41) is 2.71. The molecule has 1 aliphatic rings. The molecule has 4 nitrogen and oxygen atoms in total. The molecule has 2 rings (SSSR count). The first-order valence-corrected chi connectivity index (χ1v) is 7.62. The summed E-state index contributed by atoms with van der Waals surface area (Å²) in [6.07, 6.45) is 0.492. The second-order valence-corrected chi connectivity index (χ2v) is 6.62. The maximum absolute atomic E-state index is 14.0. The number of piperazine rings is 1. The Morgan fingerprint density at radius 3 is 2.62 bits per heavy atom. The van der Waals surface area contributed by atoms with E-state index in [4.69, 9.17) is 0 Å². The Labute approximate surface area is 131 Å². The molecule has 6 heteroatoms. The number of hydrogen-bond donors (Lipinski definition) is 1. The highest BCUT2D eigenvalue weighted by molar-refractivity contribution is 9.10. The number of nitrogens with one attached hydrogen (secondary N) is 1. The average molecular weight is 357 g/mol. The van der Waals surface area contributed by atoms with Crippen LogP contribution in [0.4, 0.5) is 4.39 Å². The summed E-state index contributed by atoms with van der Waals surface area (Å²) in [5.41, 5.74) is -0.565. The lowest BCUT2D eigenvalue weighted by atomic mass is 9.95. The maximum Gasteiger partial charge on any atom is 0.248 e. The van der Waals surface area contributed by atoms with Gasteiger partial charge in [-0.15, -0.1) is 0 Å². The van der Waals surface area contributed by atoms with Gasteiger partial charge in [-0.3, -0.25) is 9.59 Å². The number of carbonyl (C=O) groups excluding carboxylic acids is 2. The van der Waals surface area contributed by atoms with Gasteiger partial charge in [-0.25, -0.2) is 4.39 Å². The van der Waals surface area contributed by atoms with Gasteiger partial charge >= 0.3 is 0 Å². The standard InChI is InChI=1S/C15H18BrFN2O2/c1-4-12-13(20)18-15(2,3)14(21)19(12)8-9-5-6-10(16)7-11(9)17/h5-7,12H,4,8H2,1-3H3,(H,18,20). The summed E-state index contributed by atoms with van der Waals surface area (Å²) >= 11 is 3.20. The fourth-order valence-corrected chi connectivity index (χ4v) is 2.84. The molecule has 0 saturated carbocycles. The number of carbonyl (C=O) groups is 2. The van der Waals surface area contributed by atoms with E-state index in [-0.39, 0.29) is 18.4 Å². The molecule has 1 heterocycles. The molecule has 114 valence electrons. The van der Waals surface area contributed by atoms with E-state index in [1.807, 2.05) is 6.92 Å². The van der Waals surface area contributed by atoms with Crippen molar-refractivity contribution in [2.24, 2.45) is 0 Å². The first kappa shape index (κ1) is 15.9. The molecule has 2 amide bonds. The lowest BCUT2D eigenvalue weighted by Gasteiger charge is -2.42. The second kappa shape index (κ2) is 5.75. The van der Waals surface area contributed by atoms with Gasteiger partial charge in [0.15, 0.2) is 0 Å². The Bertz CT molecular complexity index is 589. The Morgan fingerprint density at radius 1 is 1.38 bits per heavy atom. The highest BCUT2D eigenvalue weighted by Crippen LogP contribution is 2.24. The zero-order valence-corrected chi connectivity index (χ0v) is 13.8. The van der Waals surface area contributed by atoms with Crippen LogP contribution in [0.3, 0.4) is 0 Å². The fourth-order valence-electron chi connectivity index (χ4n) is 2.51. The third-order valence-corrected chi connectivity index (χ3v) is 4.15. The number of amides is 2. The van der Waals surface area contributed by atoms with Crippen molar-refractivity contribution in [2.45, 2.75) is 45.3 Å². The molecule has 1 aromatic rings. The van der Waals surface area contributed by atoms with E-state index in [0.717, 1.165) is 0 Å². The SMILES string of the molecule is CCC1C(=O)NC(C)(C)C(=O)N1Cc1ccc(Br)cc1F. The molecule has 0 radical (unpaired) electrons. The summed E-state index contributed by atoms with van der Waals surface area (Å²) in [6.45, 7) is 5.24. The van der Waals surface area contributed by atoms with E-state index in [1.165, 1.54) is 11.0 Å². The minimum absolute atomic E-state index is 0.0906. The zero-order chi connectivity index (χ0) is 15.8. The van der Waals surface area contributed by atoms with E-state index in [1.54, 1.807) is 26.0 Å². The molecule has 0 aliphatic carbocycles. The molecule has 1 aliphatic heterocycles. The van der Waals surface area contributed by atoms with Gasteiger partial charge in [0.25, 0.3) is 0 Å². The molecule has 1 aromatic carbocycles. The Morgan fingerprint density at radius 2 is 2.05 bits per heavy atom. The smallest absolute Gasteiger partial charge is 0.248 e. The summed E-state index contributed by atoms with van der Waals surface area (Å²) in [5.74, 6) is -0.785. The van der Waals surface area contributed by atoms with Crippen LogP contribution < -0.4 is 5.32 Å². The number of halogens is 2. The summed E-state index contributed by atoms with van der Waals surface area (Å²) in [7, 11) is 0. The van der Waals surface area contributed by atoms with E-state index < -0.39 is 17.4 Å². The van der Waals surface area contributed by atoms with Crippen molar-refractivity contribution < 1.29 is 14.0 Å². The summed E-state index contributed by atoms with van der Waals surface area (Å²) in [4.78, 5) is 26.1. The Balaban J connectivity index is 2.33. The number of rotatable bonds is 3. The number of benzene rings is 1. The van der Waals surface area contributed by atoms with Crippen LogP contribution in [0.2, 0.25) is 0 Å². The minimum atomic E-state index is -0.964. The van der Waals surface area contributed by atoms with Crippen LogP contribution in [0.5, 0.6) is 0 Å². The Kier molecular flexibility index (Phi) is 4.37. The molecule has 1 N–H and O–H groups in total. The molecular formula is C15H18BrFN2O2. The molecule has 1 atom stereocenters. The van der Waals surface area contributed by atoms with Gasteiger partial charge in [0.2, 0.25) is 11.8 Å². The van der Waals surface area contributed by atoms with Crippen LogP contribution in [0.15, 0.2) is 22.7 Å². The van der Waals surface area contributed by atoms with Crippen molar-refractivity contribution in [1.29, 1.82) is 0 Å². The maximum atomic E-state index is 14.0. The van der Waals surface area contributed by atoms with Gasteiger partial charge in [0.05, 0.1) is 0 Å². The first-order valence-electron chi connectivity index (χ1n) is 6.83. The molecule has 0 spiro atoms. The monoisotopic (exact) mass is 356 g/mol. The molecule has 1 fully saturated rings. The third-order valence-electron chi connectivity index (χ3n) is 3.65. The molecule has 0 bridgehead atoms. The van der Waals surface area contributed by atoms with Gasteiger partial charge in [-0.2, -0.15) is 0 Å². The zero-order valence-electron chi connectivity index (χ0n) is 12.2.